The van der Waals surface area contributed by atoms with Crippen molar-refractivity contribution in [2.45, 2.75) is 37.8 Å². The first-order valence-electron chi connectivity index (χ1n) is 11.0. The summed E-state index contributed by atoms with van der Waals surface area (Å²) in [5, 5.41) is 3.75. The number of aryl methyl sites for hydroxylation is 1. The van der Waals surface area contributed by atoms with Crippen molar-refractivity contribution in [1.29, 1.82) is 0 Å². The first-order valence-corrected chi connectivity index (χ1v) is 11.0. The van der Waals surface area contributed by atoms with E-state index in [4.69, 9.17) is 4.98 Å². The Bertz CT molecular complexity index is 1260. The fourth-order valence-electron chi connectivity index (χ4n) is 4.06. The molecule has 1 unspecified atom stereocenters. The second-order valence-electron chi connectivity index (χ2n) is 8.12. The van der Waals surface area contributed by atoms with E-state index in [0.29, 0.717) is 23.1 Å². The van der Waals surface area contributed by atoms with Crippen LogP contribution in [0.4, 0.5) is 0 Å². The van der Waals surface area contributed by atoms with Crippen LogP contribution in [0.3, 0.4) is 0 Å². The Morgan fingerprint density at radius 1 is 1.00 bits per heavy atom. The highest BCUT2D eigenvalue weighted by Gasteiger charge is 2.28. The van der Waals surface area contributed by atoms with Gasteiger partial charge < -0.3 is 5.32 Å². The van der Waals surface area contributed by atoms with Crippen LogP contribution in [0.5, 0.6) is 0 Å². The molecule has 0 saturated heterocycles. The van der Waals surface area contributed by atoms with Crippen molar-refractivity contribution in [2.24, 2.45) is 0 Å². The smallest absolute Gasteiger partial charge is 0.261 e. The van der Waals surface area contributed by atoms with Gasteiger partial charge in [-0.05, 0) is 42.7 Å². The number of amides is 1. The molecule has 0 spiro atoms. The highest BCUT2D eigenvalue weighted by molar-refractivity contribution is 5.78. The summed E-state index contributed by atoms with van der Waals surface area (Å²) in [6, 6.07) is 22.8. The standard InChI is InChI=1S/C26H24N4O2/c31-24(29-25(18-8-2-1-3-9-18)22-12-6-7-17-27-22)16-15-23-28-21-11-5-4-10-20(21)26(32)30(23)19-13-14-19/h1-12,17,19,25H,13-16H2,(H,29,31). The Morgan fingerprint density at radius 3 is 2.50 bits per heavy atom. The largest absolute Gasteiger partial charge is 0.344 e. The Labute approximate surface area is 186 Å². The number of benzene rings is 2. The van der Waals surface area contributed by atoms with Crippen LogP contribution in [0.15, 0.2) is 83.8 Å². The number of carbonyl (C=O) groups is 1. The number of rotatable bonds is 7. The lowest BCUT2D eigenvalue weighted by molar-refractivity contribution is -0.121. The van der Waals surface area contributed by atoms with Crippen LogP contribution >= 0.6 is 0 Å². The van der Waals surface area contributed by atoms with Gasteiger partial charge in [0, 0.05) is 25.1 Å². The molecule has 6 nitrogen and oxygen atoms in total. The number of hydrogen-bond acceptors (Lipinski definition) is 4. The molecule has 0 radical (unpaired) electrons. The van der Waals surface area contributed by atoms with Gasteiger partial charge in [-0.2, -0.15) is 0 Å². The van der Waals surface area contributed by atoms with Gasteiger partial charge in [-0.3, -0.25) is 19.1 Å². The third-order valence-corrected chi connectivity index (χ3v) is 5.79. The molecule has 2 aromatic heterocycles. The van der Waals surface area contributed by atoms with Gasteiger partial charge in [-0.25, -0.2) is 4.98 Å². The van der Waals surface area contributed by atoms with Crippen LogP contribution in [-0.2, 0) is 11.2 Å². The van der Waals surface area contributed by atoms with Crippen molar-refractivity contribution >= 4 is 16.8 Å². The van der Waals surface area contributed by atoms with E-state index < -0.39 is 0 Å². The molecular weight excluding hydrogens is 400 g/mol. The first kappa shape index (κ1) is 20.1. The highest BCUT2D eigenvalue weighted by atomic mass is 16.1. The minimum Gasteiger partial charge on any atom is -0.344 e. The number of nitrogens with zero attached hydrogens (tertiary/aromatic N) is 3. The number of nitrogens with one attached hydrogen (secondary N) is 1. The molecule has 1 fully saturated rings. The molecule has 1 aliphatic rings. The third-order valence-electron chi connectivity index (χ3n) is 5.79. The fourth-order valence-corrected chi connectivity index (χ4v) is 4.06. The predicted octanol–water partition coefficient (Wildman–Crippen LogP) is 3.96. The summed E-state index contributed by atoms with van der Waals surface area (Å²) in [6.45, 7) is 0. The van der Waals surface area contributed by atoms with Gasteiger partial charge in [0.25, 0.3) is 5.56 Å². The van der Waals surface area contributed by atoms with E-state index in [0.717, 1.165) is 24.1 Å². The Balaban J connectivity index is 1.38. The zero-order valence-electron chi connectivity index (χ0n) is 17.6. The molecule has 1 atom stereocenters. The van der Waals surface area contributed by atoms with Crippen molar-refractivity contribution in [1.82, 2.24) is 19.9 Å². The van der Waals surface area contributed by atoms with Crippen LogP contribution in [0.1, 0.15) is 48.4 Å². The Hall–Kier alpha value is -3.80. The topological polar surface area (TPSA) is 76.9 Å². The molecule has 1 amide bonds. The molecular formula is C26H24N4O2. The quantitative estimate of drug-likeness (QED) is 0.487. The van der Waals surface area contributed by atoms with Gasteiger partial charge in [0.1, 0.15) is 5.82 Å². The maximum atomic E-state index is 13.0. The van der Waals surface area contributed by atoms with Crippen molar-refractivity contribution in [2.75, 3.05) is 0 Å². The zero-order valence-corrected chi connectivity index (χ0v) is 17.6. The number of para-hydroxylation sites is 1. The summed E-state index contributed by atoms with van der Waals surface area (Å²) in [5.41, 5.74) is 2.42. The average Bonchev–Trinajstić information content (AvgIpc) is 3.67. The van der Waals surface area contributed by atoms with Crippen LogP contribution in [0, 0.1) is 0 Å². The van der Waals surface area contributed by atoms with Crippen LogP contribution in [0.25, 0.3) is 10.9 Å². The fraction of sp³-hybridized carbons (Fsp3) is 0.231. The molecule has 1 saturated carbocycles. The van der Waals surface area contributed by atoms with Crippen LogP contribution < -0.4 is 10.9 Å². The summed E-state index contributed by atoms with van der Waals surface area (Å²) >= 11 is 0. The van der Waals surface area contributed by atoms with Gasteiger partial charge in [0.2, 0.25) is 5.91 Å². The molecule has 6 heteroatoms. The van der Waals surface area contributed by atoms with Crippen molar-refractivity contribution < 1.29 is 4.79 Å². The molecule has 0 aliphatic heterocycles. The Morgan fingerprint density at radius 2 is 1.75 bits per heavy atom. The first-order chi connectivity index (χ1) is 15.7. The highest BCUT2D eigenvalue weighted by Crippen LogP contribution is 2.35. The summed E-state index contributed by atoms with van der Waals surface area (Å²) in [7, 11) is 0. The zero-order chi connectivity index (χ0) is 21.9. The van der Waals surface area contributed by atoms with Gasteiger partial charge >= 0.3 is 0 Å². The van der Waals surface area contributed by atoms with Crippen molar-refractivity contribution in [3.63, 3.8) is 0 Å². The normalized spacial score (nSPS) is 14.2. The van der Waals surface area contributed by atoms with Gasteiger partial charge in [0.15, 0.2) is 0 Å². The average molecular weight is 425 g/mol. The maximum absolute atomic E-state index is 13.0. The summed E-state index contributed by atoms with van der Waals surface area (Å²) in [6.07, 6.45) is 4.34. The van der Waals surface area contributed by atoms with E-state index in [-0.39, 0.29) is 30.0 Å². The number of aromatic nitrogens is 3. The summed E-state index contributed by atoms with van der Waals surface area (Å²) in [5.74, 6) is 0.578. The minimum atomic E-state index is -0.333. The lowest BCUT2D eigenvalue weighted by Crippen LogP contribution is -2.31. The van der Waals surface area contributed by atoms with Crippen LogP contribution in [-0.4, -0.2) is 20.4 Å². The molecule has 4 aromatic rings. The second kappa shape index (κ2) is 8.75. The minimum absolute atomic E-state index is 0.0100. The molecule has 1 N–H and O–H groups in total. The number of hydrogen-bond donors (Lipinski definition) is 1. The molecule has 1 aliphatic carbocycles. The van der Waals surface area contributed by atoms with Gasteiger partial charge in [0.05, 0.1) is 22.6 Å². The van der Waals surface area contributed by atoms with E-state index in [1.54, 1.807) is 10.8 Å². The Kier molecular flexibility index (Phi) is 5.50. The molecule has 5 rings (SSSR count). The van der Waals surface area contributed by atoms with E-state index >= 15 is 0 Å². The molecule has 2 heterocycles. The van der Waals surface area contributed by atoms with Gasteiger partial charge in [-0.1, -0.05) is 48.5 Å². The second-order valence-corrected chi connectivity index (χ2v) is 8.12. The lowest BCUT2D eigenvalue weighted by Gasteiger charge is -2.19. The van der Waals surface area contributed by atoms with Gasteiger partial charge in [-0.15, -0.1) is 0 Å². The molecule has 2 aromatic carbocycles. The van der Waals surface area contributed by atoms with E-state index in [1.165, 1.54) is 0 Å². The number of pyridine rings is 1. The summed E-state index contributed by atoms with van der Waals surface area (Å²) in [4.78, 5) is 35.2. The third kappa shape index (κ3) is 4.17. The molecule has 0 bridgehead atoms. The number of carbonyl (C=O) groups excluding carboxylic acids is 1. The van der Waals surface area contributed by atoms with Crippen LogP contribution in [0.2, 0.25) is 0 Å². The van der Waals surface area contributed by atoms with E-state index in [2.05, 4.69) is 10.3 Å². The molecule has 160 valence electrons. The van der Waals surface area contributed by atoms with E-state index in [1.807, 2.05) is 72.8 Å². The van der Waals surface area contributed by atoms with E-state index in [9.17, 15) is 9.59 Å². The predicted molar refractivity (Wildman–Crippen MR) is 123 cm³/mol. The molecule has 32 heavy (non-hydrogen) atoms. The van der Waals surface area contributed by atoms with Crippen molar-refractivity contribution in [3.05, 3.63) is 106 Å². The number of fused-ring (bicyclic) bond motifs is 1. The lowest BCUT2D eigenvalue weighted by atomic mass is 10.0. The van der Waals surface area contributed by atoms with Crippen molar-refractivity contribution in [3.8, 4) is 0 Å². The SMILES string of the molecule is O=C(CCc1nc2ccccc2c(=O)n1C1CC1)NC(c1ccccc1)c1ccccn1. The summed E-state index contributed by atoms with van der Waals surface area (Å²) < 4.78 is 1.79. The monoisotopic (exact) mass is 424 g/mol. The maximum Gasteiger partial charge on any atom is 0.261 e.